The van der Waals surface area contributed by atoms with Crippen LogP contribution >= 0.6 is 0 Å². The van der Waals surface area contributed by atoms with Crippen molar-refractivity contribution in [1.29, 1.82) is 0 Å². The minimum atomic E-state index is -8.41. The van der Waals surface area contributed by atoms with Crippen LogP contribution in [0.2, 0.25) is 0 Å². The zero-order chi connectivity index (χ0) is 28.4. The average Bonchev–Trinajstić information content (AvgIpc) is 2.64. The third-order valence-electron chi connectivity index (χ3n) is 4.61. The smallest absolute Gasteiger partial charge is 0.460 e. The molecule has 204 valence electrons. The molecule has 0 bridgehead atoms. The van der Waals surface area contributed by atoms with Crippen LogP contribution in [0, 0.1) is 0 Å². The summed E-state index contributed by atoms with van der Waals surface area (Å²) in [6.07, 6.45) is -7.68. The van der Waals surface area contributed by atoms with Gasteiger partial charge in [-0.05, 0) is 0 Å². The Labute approximate surface area is 185 Å². The van der Waals surface area contributed by atoms with Crippen LogP contribution in [-0.2, 0) is 11.3 Å². The second-order valence-electron chi connectivity index (χ2n) is 8.15. The maximum absolute atomic E-state index is 14.4. The number of methoxy groups -OCH3 is 1. The third kappa shape index (κ3) is 4.19. The molecule has 3 nitrogen and oxygen atoms in total. The van der Waals surface area contributed by atoms with E-state index in [0.29, 0.717) is 0 Å². The highest BCUT2D eigenvalue weighted by Gasteiger charge is 2.93. The zero-order valence-corrected chi connectivity index (χ0v) is 17.6. The minimum Gasteiger partial charge on any atom is -0.491 e. The van der Waals surface area contributed by atoms with Crippen LogP contribution in [0.3, 0.4) is 0 Å². The van der Waals surface area contributed by atoms with Crippen LogP contribution in [0.5, 0.6) is 5.75 Å². The fourth-order valence-corrected chi connectivity index (χ4v) is 2.58. The highest BCUT2D eigenvalue weighted by atomic mass is 19.4. The normalized spacial score (nSPS) is 15.4. The molecule has 0 saturated carbocycles. The van der Waals surface area contributed by atoms with Crippen molar-refractivity contribution in [1.82, 2.24) is 4.98 Å². The van der Waals surface area contributed by atoms with Crippen molar-refractivity contribution in [3.8, 4) is 5.75 Å². The number of hydrogen-bond acceptors (Lipinski definition) is 2. The maximum Gasteiger partial charge on any atom is 0.460 e. The number of halogens is 15. The summed E-state index contributed by atoms with van der Waals surface area (Å²) in [5.41, 5.74) is -6.60. The Kier molecular flexibility index (Phi) is 7.12. The molecule has 0 aromatic carbocycles. The van der Waals surface area contributed by atoms with Gasteiger partial charge in [-0.1, -0.05) is 20.8 Å². The van der Waals surface area contributed by atoms with Gasteiger partial charge in [0.05, 0.1) is 18.5 Å². The summed E-state index contributed by atoms with van der Waals surface area (Å²) in [6.45, 7) is 3.39. The molecule has 0 radical (unpaired) electrons. The first-order valence-corrected chi connectivity index (χ1v) is 8.73. The molecule has 18 heteroatoms. The number of hydrogen-bond donors (Lipinski definition) is 1. The summed E-state index contributed by atoms with van der Waals surface area (Å²) in [5, 5.41) is 0. The highest BCUT2D eigenvalue weighted by Crippen LogP contribution is 2.63. The summed E-state index contributed by atoms with van der Waals surface area (Å²) in [5.74, 6) is -48.4. The van der Waals surface area contributed by atoms with E-state index in [1.165, 1.54) is 4.98 Å². The van der Waals surface area contributed by atoms with Gasteiger partial charge in [-0.3, -0.25) is 4.79 Å². The molecule has 0 saturated heterocycles. The Morgan fingerprint density at radius 2 is 1.03 bits per heavy atom. The summed E-state index contributed by atoms with van der Waals surface area (Å²) >= 11 is 0. The Balaban J connectivity index is 3.88. The van der Waals surface area contributed by atoms with E-state index in [4.69, 9.17) is 0 Å². The van der Waals surface area contributed by atoms with Gasteiger partial charge in [0, 0.05) is 11.5 Å². The lowest BCUT2D eigenvalue weighted by Gasteiger charge is -2.41. The van der Waals surface area contributed by atoms with Crippen LogP contribution in [0.1, 0.15) is 32.2 Å². The SMILES string of the molecule is COc1c(C(C)(C)C)[nH]c(C(F)(F)C(F)(F)C(F)(F)C(F)(F)C(F)(F)C(F)(F)C(F)(F)F)cc1=O. The van der Waals surface area contributed by atoms with Crippen LogP contribution in [0.15, 0.2) is 10.9 Å². The van der Waals surface area contributed by atoms with E-state index in [-0.39, 0.29) is 0 Å². The molecular formula is C17H14F15NO2. The second kappa shape index (κ2) is 8.11. The predicted molar refractivity (Wildman–Crippen MR) is 87.0 cm³/mol. The van der Waals surface area contributed by atoms with Gasteiger partial charge in [0.25, 0.3) is 0 Å². The molecule has 0 unspecified atom stereocenters. The molecule has 1 N–H and O–H groups in total. The van der Waals surface area contributed by atoms with Crippen molar-refractivity contribution < 1.29 is 70.6 Å². The summed E-state index contributed by atoms with van der Waals surface area (Å²) < 4.78 is 205. The molecule has 35 heavy (non-hydrogen) atoms. The summed E-state index contributed by atoms with van der Waals surface area (Å²) in [7, 11) is 0.782. The van der Waals surface area contributed by atoms with E-state index >= 15 is 0 Å². The van der Waals surface area contributed by atoms with Crippen molar-refractivity contribution in [2.45, 2.75) is 67.9 Å². The fraction of sp³-hybridized carbons (Fsp3) is 0.706. The number of aromatic amines is 1. The fourth-order valence-electron chi connectivity index (χ4n) is 2.58. The van der Waals surface area contributed by atoms with Gasteiger partial charge in [-0.2, -0.15) is 65.9 Å². The molecule has 0 aliphatic carbocycles. The molecule has 1 aromatic rings. The summed E-state index contributed by atoms with van der Waals surface area (Å²) in [4.78, 5) is 13.3. The van der Waals surface area contributed by atoms with Gasteiger partial charge < -0.3 is 9.72 Å². The van der Waals surface area contributed by atoms with Crippen molar-refractivity contribution in [3.63, 3.8) is 0 Å². The van der Waals surface area contributed by atoms with Crippen LogP contribution in [0.25, 0.3) is 0 Å². The molecule has 1 rings (SSSR count). The third-order valence-corrected chi connectivity index (χ3v) is 4.61. The highest BCUT2D eigenvalue weighted by molar-refractivity contribution is 5.36. The second-order valence-corrected chi connectivity index (χ2v) is 8.15. The number of pyridine rings is 1. The Hall–Kier alpha value is -2.30. The average molecular weight is 549 g/mol. The van der Waals surface area contributed by atoms with Gasteiger partial charge in [0.1, 0.15) is 0 Å². The molecule has 0 atom stereocenters. The molecule has 0 fully saturated rings. The maximum atomic E-state index is 14.4. The van der Waals surface area contributed by atoms with E-state index < -0.39 is 75.8 Å². The molecule has 1 heterocycles. The van der Waals surface area contributed by atoms with E-state index in [2.05, 4.69) is 4.74 Å². The Morgan fingerprint density at radius 1 is 0.657 bits per heavy atom. The molecular weight excluding hydrogens is 535 g/mol. The van der Waals surface area contributed by atoms with Crippen molar-refractivity contribution in [2.75, 3.05) is 7.11 Å². The molecule has 0 aliphatic heterocycles. The van der Waals surface area contributed by atoms with Crippen LogP contribution in [0.4, 0.5) is 65.9 Å². The lowest BCUT2D eigenvalue weighted by atomic mass is 9.88. The van der Waals surface area contributed by atoms with Crippen LogP contribution < -0.4 is 10.2 Å². The molecule has 0 amide bonds. The minimum absolute atomic E-state index is 0.557. The number of H-pyrrole nitrogens is 1. The lowest BCUT2D eigenvalue weighted by molar-refractivity contribution is -0.454. The van der Waals surface area contributed by atoms with Crippen molar-refractivity contribution in [2.24, 2.45) is 0 Å². The lowest BCUT2D eigenvalue weighted by Crippen LogP contribution is -2.72. The first-order chi connectivity index (χ1) is 15.1. The summed E-state index contributed by atoms with van der Waals surface area (Å²) in [6, 6.07) is -0.557. The van der Waals surface area contributed by atoms with Crippen molar-refractivity contribution in [3.05, 3.63) is 27.7 Å². The Morgan fingerprint density at radius 3 is 1.37 bits per heavy atom. The van der Waals surface area contributed by atoms with Crippen molar-refractivity contribution >= 4 is 0 Å². The monoisotopic (exact) mass is 549 g/mol. The number of ether oxygens (including phenoxy) is 1. The van der Waals surface area contributed by atoms with E-state index in [0.717, 1.165) is 27.9 Å². The number of aromatic nitrogens is 1. The topological polar surface area (TPSA) is 42.1 Å². The zero-order valence-electron chi connectivity index (χ0n) is 17.6. The largest absolute Gasteiger partial charge is 0.491 e. The molecule has 0 spiro atoms. The van der Waals surface area contributed by atoms with Gasteiger partial charge in [-0.15, -0.1) is 0 Å². The predicted octanol–water partition coefficient (Wildman–Crippen LogP) is 6.51. The van der Waals surface area contributed by atoms with E-state index in [1.807, 2.05) is 0 Å². The van der Waals surface area contributed by atoms with E-state index in [1.54, 1.807) is 0 Å². The van der Waals surface area contributed by atoms with E-state index in [9.17, 15) is 70.7 Å². The van der Waals surface area contributed by atoms with Gasteiger partial charge in [-0.25, -0.2) is 0 Å². The van der Waals surface area contributed by atoms with Gasteiger partial charge >= 0.3 is 41.7 Å². The number of nitrogens with one attached hydrogen (secondary N) is 1. The molecule has 1 aromatic heterocycles. The van der Waals surface area contributed by atoms with Gasteiger partial charge in [0.2, 0.25) is 5.43 Å². The van der Waals surface area contributed by atoms with Gasteiger partial charge in [0.15, 0.2) is 5.75 Å². The first-order valence-electron chi connectivity index (χ1n) is 8.73. The number of alkyl halides is 15. The first kappa shape index (κ1) is 30.7. The quantitative estimate of drug-likeness (QED) is 0.394. The Bertz CT molecular complexity index is 1000. The number of rotatable bonds is 7. The van der Waals surface area contributed by atoms with Crippen LogP contribution in [-0.4, -0.2) is 47.9 Å². The standard InChI is InChI=1S/C17H14F15NO2/c1-10(2,3)9-8(35-4)6(34)5-7(33-9)11(18,19)12(20,21)13(22,23)14(24,25)15(26,27)16(28,29)17(30,31)32/h5H,1-4H3,(H,33,34). The molecule has 0 aliphatic rings.